The van der Waals surface area contributed by atoms with Gasteiger partial charge in [0.2, 0.25) is 0 Å². The van der Waals surface area contributed by atoms with E-state index in [0.717, 1.165) is 180 Å². The summed E-state index contributed by atoms with van der Waals surface area (Å²) in [6, 6.07) is 97.1. The first-order valence-electron chi connectivity index (χ1n) is 31.2. The summed E-state index contributed by atoms with van der Waals surface area (Å²) < 4.78 is 40.1. The van der Waals surface area contributed by atoms with Gasteiger partial charge in [-0.2, -0.15) is 0 Å². The molecule has 0 spiro atoms. The van der Waals surface area contributed by atoms with Crippen molar-refractivity contribution in [3.8, 4) is 55.6 Å². The highest BCUT2D eigenvalue weighted by Crippen LogP contribution is 2.46. The Morgan fingerprint density at radius 1 is 0.200 bits per heavy atom. The molecule has 20 aromatic rings. The third-order valence-electron chi connectivity index (χ3n) is 18.2. The molecule has 0 aliphatic heterocycles. The molecule has 14 aromatic carbocycles. The normalized spacial score (nSPS) is 11.8. The van der Waals surface area contributed by atoms with Gasteiger partial charge in [-0.3, -0.25) is 0 Å². The maximum absolute atomic E-state index is 9.61. The Morgan fingerprint density at radius 3 is 0.705 bits per heavy atom. The summed E-state index contributed by atoms with van der Waals surface area (Å²) in [5.74, 6) is 0. The van der Waals surface area contributed by atoms with Crippen LogP contribution in [-0.4, -0.2) is 17.2 Å². The highest BCUT2D eigenvalue weighted by atomic mass is 79.9. The van der Waals surface area contributed by atoms with E-state index in [2.05, 4.69) is 202 Å². The Hall–Kier alpha value is -11.2. The van der Waals surface area contributed by atoms with Crippen molar-refractivity contribution in [3.05, 3.63) is 294 Å². The number of rotatable bonds is 6. The van der Waals surface area contributed by atoms with Crippen molar-refractivity contribution in [2.24, 2.45) is 0 Å². The second-order valence-electron chi connectivity index (χ2n) is 23.9. The predicted molar refractivity (Wildman–Crippen MR) is 395 cm³/mol. The van der Waals surface area contributed by atoms with Crippen LogP contribution in [0.5, 0.6) is 0 Å². The van der Waals surface area contributed by atoms with Gasteiger partial charge in [0, 0.05) is 73.6 Å². The SMILES string of the molecule is Brc1cccc(Br)c1.OB(O)c1ccc2oc3ccc4oc5ccc(-c6ccccc6)cc5c4c3c2c1.c1ccc(-c2ccc3oc4ccc5oc6ccc(-c7cccc(-c8ccc9oc%10ccc%11oc%12ccc(-c%13ccccc%13)cc%12c%11c%10c9c8)c7)cc6c5c4c3c2)cc1. The monoisotopic (exact) mass is 1350 g/mol. The summed E-state index contributed by atoms with van der Waals surface area (Å²) in [6.45, 7) is 0. The zero-order valence-electron chi connectivity index (χ0n) is 50.3. The fourth-order valence-electron chi connectivity index (χ4n) is 13.7. The van der Waals surface area contributed by atoms with E-state index >= 15 is 0 Å². The largest absolute Gasteiger partial charge is 0.488 e. The Balaban J connectivity index is 0.000000147. The van der Waals surface area contributed by atoms with Gasteiger partial charge in [-0.25, -0.2) is 0 Å². The van der Waals surface area contributed by atoms with Crippen molar-refractivity contribution < 1.29 is 36.6 Å². The number of benzene rings is 14. The predicted octanol–water partition coefficient (Wildman–Crippen LogP) is 24.0. The molecule has 450 valence electrons. The topological polar surface area (TPSA) is 119 Å². The van der Waals surface area contributed by atoms with Crippen molar-refractivity contribution in [2.75, 3.05) is 0 Å². The summed E-state index contributed by atoms with van der Waals surface area (Å²) >= 11 is 6.66. The molecule has 0 aliphatic carbocycles. The molecule has 0 amide bonds. The lowest BCUT2D eigenvalue weighted by Crippen LogP contribution is -2.29. The maximum atomic E-state index is 9.61. The van der Waals surface area contributed by atoms with E-state index in [4.69, 9.17) is 26.5 Å². The van der Waals surface area contributed by atoms with Crippen LogP contribution in [0.1, 0.15) is 0 Å². The van der Waals surface area contributed by atoms with Crippen molar-refractivity contribution in [3.63, 3.8) is 0 Å². The van der Waals surface area contributed by atoms with Crippen LogP contribution >= 0.6 is 31.9 Å². The lowest BCUT2D eigenvalue weighted by molar-refractivity contribution is 0.426. The Morgan fingerprint density at radius 2 is 0.432 bits per heavy atom. The van der Waals surface area contributed by atoms with Gasteiger partial charge in [0.25, 0.3) is 0 Å². The Kier molecular flexibility index (Phi) is 13.6. The van der Waals surface area contributed by atoms with Gasteiger partial charge in [0.05, 0.1) is 0 Å². The quantitative estimate of drug-likeness (QED) is 0.158. The summed E-state index contributed by atoms with van der Waals surface area (Å²) in [6.07, 6.45) is 0. The van der Waals surface area contributed by atoms with Crippen LogP contribution in [0.15, 0.2) is 321 Å². The summed E-state index contributed by atoms with van der Waals surface area (Å²) in [4.78, 5) is 0. The molecule has 0 unspecified atom stereocenters. The average molecular weight is 1360 g/mol. The highest BCUT2D eigenvalue weighted by Gasteiger charge is 2.23. The zero-order valence-corrected chi connectivity index (χ0v) is 53.5. The van der Waals surface area contributed by atoms with Crippen molar-refractivity contribution in [1.82, 2.24) is 0 Å². The number of halogens is 2. The van der Waals surface area contributed by atoms with Gasteiger partial charge in [0.1, 0.15) is 67.0 Å². The highest BCUT2D eigenvalue weighted by molar-refractivity contribution is 9.11. The lowest BCUT2D eigenvalue weighted by atomic mass is 9.80. The molecule has 11 heteroatoms. The summed E-state index contributed by atoms with van der Waals surface area (Å²) in [5.41, 5.74) is 21.6. The first-order chi connectivity index (χ1) is 46.7. The van der Waals surface area contributed by atoms with E-state index in [1.165, 1.54) is 11.1 Å². The van der Waals surface area contributed by atoms with Gasteiger partial charge in [0.15, 0.2) is 0 Å². The third-order valence-corrected chi connectivity index (χ3v) is 19.1. The smallest absolute Gasteiger partial charge is 0.456 e. The summed E-state index contributed by atoms with van der Waals surface area (Å²) in [7, 11) is -1.53. The molecule has 6 heterocycles. The second kappa shape index (κ2) is 22.8. The number of hydrogen-bond donors (Lipinski definition) is 2. The van der Waals surface area contributed by atoms with E-state index in [1.54, 1.807) is 18.2 Å². The fraction of sp³-hybridized carbons (Fsp3) is 0. The Bertz CT molecular complexity index is 6150. The van der Waals surface area contributed by atoms with Crippen LogP contribution in [0.2, 0.25) is 0 Å². The minimum Gasteiger partial charge on any atom is -0.456 e. The van der Waals surface area contributed by atoms with Crippen molar-refractivity contribution >= 4 is 176 Å². The molecular weight excluding hydrogens is 1310 g/mol. The molecule has 0 aliphatic rings. The van der Waals surface area contributed by atoms with Crippen LogP contribution in [0, 0.1) is 0 Å². The molecular formula is C84H49BBr2O8. The molecule has 20 rings (SSSR count). The van der Waals surface area contributed by atoms with Crippen LogP contribution in [-0.2, 0) is 0 Å². The summed E-state index contributed by atoms with van der Waals surface area (Å²) in [5, 5.41) is 31.5. The maximum Gasteiger partial charge on any atom is 0.488 e. The second-order valence-corrected chi connectivity index (χ2v) is 25.7. The fourth-order valence-corrected chi connectivity index (χ4v) is 14.8. The van der Waals surface area contributed by atoms with E-state index in [1.807, 2.05) is 97.1 Å². The van der Waals surface area contributed by atoms with Crippen molar-refractivity contribution in [1.29, 1.82) is 0 Å². The number of furan rings is 6. The average Bonchev–Trinajstić information content (AvgIpc) is 1.60. The van der Waals surface area contributed by atoms with E-state index in [9.17, 15) is 10.0 Å². The van der Waals surface area contributed by atoms with Gasteiger partial charge in [-0.15, -0.1) is 0 Å². The van der Waals surface area contributed by atoms with Gasteiger partial charge < -0.3 is 36.6 Å². The molecule has 2 N–H and O–H groups in total. The third kappa shape index (κ3) is 9.90. The Labute approximate surface area is 558 Å². The molecule has 6 aromatic heterocycles. The van der Waals surface area contributed by atoms with Crippen LogP contribution in [0.4, 0.5) is 0 Å². The number of fused-ring (bicyclic) bond motifs is 21. The first-order valence-corrected chi connectivity index (χ1v) is 32.8. The zero-order chi connectivity index (χ0) is 63.4. The lowest BCUT2D eigenvalue weighted by Gasteiger charge is -2.07. The minimum atomic E-state index is -1.53. The van der Waals surface area contributed by atoms with Crippen LogP contribution in [0.25, 0.3) is 187 Å². The molecule has 0 fully saturated rings. The van der Waals surface area contributed by atoms with E-state index < -0.39 is 7.12 Å². The van der Waals surface area contributed by atoms with Crippen LogP contribution < -0.4 is 5.46 Å². The van der Waals surface area contributed by atoms with Crippen molar-refractivity contribution in [2.45, 2.75) is 0 Å². The van der Waals surface area contributed by atoms with Crippen LogP contribution in [0.3, 0.4) is 0 Å². The van der Waals surface area contributed by atoms with Gasteiger partial charge >= 0.3 is 7.12 Å². The van der Waals surface area contributed by atoms with E-state index in [0.29, 0.717) is 11.0 Å². The van der Waals surface area contributed by atoms with Gasteiger partial charge in [-0.1, -0.05) is 190 Å². The van der Waals surface area contributed by atoms with E-state index in [-0.39, 0.29) is 0 Å². The standard InChI is InChI=1S/C54H30O4.C24H15BO4.C6H4Br2/c1-3-8-31(9-4-1)35-14-18-43-39(27-35)51-47(55-43)22-24-49-53(51)41-29-37(16-20-45(41)57-49)33-12-7-13-34(26-33)38-17-21-46-42(30-38)54-50(58-46)25-23-48-52(54)40-28-36(15-19-44(40)56-48)32-10-5-2-6-11-32;26-25(27)16-7-9-20-18(13-16)24-22(29-20)11-10-21-23(24)17-12-15(6-8-19(17)28-21)14-4-2-1-3-5-14;7-5-2-1-3-6(8)4-5/h1-30H;1-13,26-27H;1-4H. The molecule has 0 saturated carbocycles. The molecule has 0 bridgehead atoms. The first kappa shape index (κ1) is 56.6. The molecule has 8 nitrogen and oxygen atoms in total. The number of hydrogen-bond acceptors (Lipinski definition) is 8. The molecule has 0 radical (unpaired) electrons. The van der Waals surface area contributed by atoms with Gasteiger partial charge in [-0.05, 0) is 188 Å². The molecule has 0 atom stereocenters. The minimum absolute atomic E-state index is 0.426. The molecule has 0 saturated heterocycles. The molecule has 95 heavy (non-hydrogen) atoms.